The predicted molar refractivity (Wildman–Crippen MR) is 114 cm³/mol. The van der Waals surface area contributed by atoms with Crippen LogP contribution in [-0.4, -0.2) is 25.9 Å². The van der Waals surface area contributed by atoms with Gasteiger partial charge < -0.3 is 9.73 Å². The van der Waals surface area contributed by atoms with Crippen molar-refractivity contribution in [1.82, 2.24) is 14.8 Å². The number of aryl methyl sites for hydroxylation is 1. The van der Waals surface area contributed by atoms with Crippen molar-refractivity contribution in [2.24, 2.45) is 0 Å². The lowest BCUT2D eigenvalue weighted by atomic mass is 10.2. The summed E-state index contributed by atoms with van der Waals surface area (Å²) in [5.74, 6) is -0.721. The van der Waals surface area contributed by atoms with Gasteiger partial charge in [-0.1, -0.05) is 30.0 Å². The maximum atomic E-state index is 13.9. The van der Waals surface area contributed by atoms with E-state index in [1.165, 1.54) is 17.8 Å². The number of thioether (sulfide) groups is 1. The predicted octanol–water partition coefficient (Wildman–Crippen LogP) is 5.23. The molecule has 0 radical (unpaired) electrons. The van der Waals surface area contributed by atoms with Gasteiger partial charge in [0.15, 0.2) is 11.0 Å². The summed E-state index contributed by atoms with van der Waals surface area (Å²) in [7, 11) is 0. The zero-order valence-corrected chi connectivity index (χ0v) is 17.5. The highest BCUT2D eigenvalue weighted by atomic mass is 32.2. The molecule has 0 fully saturated rings. The third-order valence-corrected chi connectivity index (χ3v) is 5.63. The smallest absolute Gasteiger partial charge is 0.237 e. The largest absolute Gasteiger partial charge is 0.469 e. The van der Waals surface area contributed by atoms with Crippen molar-refractivity contribution < 1.29 is 18.0 Å². The molecule has 0 bridgehead atoms. The molecular weight excluding hydrogens is 422 g/mol. The normalized spacial score (nSPS) is 12.0. The van der Waals surface area contributed by atoms with Gasteiger partial charge in [0.1, 0.15) is 17.4 Å². The van der Waals surface area contributed by atoms with E-state index in [-0.39, 0.29) is 5.69 Å². The second-order valence-corrected chi connectivity index (χ2v) is 8.05. The summed E-state index contributed by atoms with van der Waals surface area (Å²) in [6.07, 6.45) is 1.58. The Balaban J connectivity index is 1.63. The van der Waals surface area contributed by atoms with Crippen molar-refractivity contribution in [2.45, 2.75) is 24.3 Å². The van der Waals surface area contributed by atoms with E-state index in [1.807, 2.05) is 41.8 Å². The highest BCUT2D eigenvalue weighted by molar-refractivity contribution is 8.00. The molecule has 2 aromatic carbocycles. The highest BCUT2D eigenvalue weighted by Crippen LogP contribution is 2.32. The number of benzene rings is 2. The summed E-state index contributed by atoms with van der Waals surface area (Å²) in [5, 5.41) is 10.9. The molecule has 0 aliphatic heterocycles. The Kier molecular flexibility index (Phi) is 5.85. The zero-order chi connectivity index (χ0) is 22.0. The number of carbonyl (C=O) groups excluding carboxylic acids is 1. The maximum Gasteiger partial charge on any atom is 0.237 e. The Morgan fingerprint density at radius 2 is 1.90 bits per heavy atom. The lowest BCUT2D eigenvalue weighted by Crippen LogP contribution is -2.23. The fraction of sp³-hybridized carbons (Fsp3) is 0.136. The average molecular weight is 440 g/mol. The molecule has 2 heterocycles. The molecule has 1 N–H and O–H groups in total. The molecule has 9 heteroatoms. The van der Waals surface area contributed by atoms with Gasteiger partial charge in [-0.2, -0.15) is 0 Å². The first kappa shape index (κ1) is 20.8. The number of carbonyl (C=O) groups is 1. The number of aromatic nitrogens is 3. The van der Waals surface area contributed by atoms with Crippen molar-refractivity contribution in [3.63, 3.8) is 0 Å². The molecule has 0 aliphatic carbocycles. The van der Waals surface area contributed by atoms with E-state index in [1.54, 1.807) is 19.3 Å². The lowest BCUT2D eigenvalue weighted by Gasteiger charge is -2.14. The number of rotatable bonds is 6. The lowest BCUT2D eigenvalue weighted by molar-refractivity contribution is -0.115. The Bertz CT molecular complexity index is 1220. The number of nitrogens with zero attached hydrogens (tertiary/aromatic N) is 3. The van der Waals surface area contributed by atoms with Crippen molar-refractivity contribution in [3.05, 3.63) is 78.3 Å². The molecular formula is C22H18F2N4O2S. The Morgan fingerprint density at radius 1 is 1.13 bits per heavy atom. The van der Waals surface area contributed by atoms with Crippen LogP contribution in [0.2, 0.25) is 0 Å². The third kappa shape index (κ3) is 4.36. The number of para-hydroxylation sites is 1. The Labute approximate surface area is 181 Å². The molecule has 2 aromatic heterocycles. The zero-order valence-electron chi connectivity index (χ0n) is 16.7. The summed E-state index contributed by atoms with van der Waals surface area (Å²) in [6, 6.07) is 14.3. The fourth-order valence-corrected chi connectivity index (χ4v) is 3.85. The summed E-state index contributed by atoms with van der Waals surface area (Å²) in [6.45, 7) is 3.51. The van der Waals surface area contributed by atoms with Crippen molar-refractivity contribution >= 4 is 23.4 Å². The SMILES string of the molecule is Cc1occc1-c1nnc(SC(C)C(=O)Nc2ccc(F)cc2F)n1-c1ccccc1. The summed E-state index contributed by atoms with van der Waals surface area (Å²) in [4.78, 5) is 12.6. The standard InChI is InChI=1S/C22H18F2N4O2S/c1-13-17(10-11-30-13)20-26-27-22(28(20)16-6-4-3-5-7-16)31-14(2)21(29)25-19-9-8-15(23)12-18(19)24/h3-12,14H,1-2H3,(H,25,29). The van der Waals surface area contributed by atoms with Crippen molar-refractivity contribution in [3.8, 4) is 17.1 Å². The molecule has 0 saturated heterocycles. The number of nitrogens with one attached hydrogen (secondary N) is 1. The van der Waals surface area contributed by atoms with Gasteiger partial charge in [0.25, 0.3) is 0 Å². The van der Waals surface area contributed by atoms with Crippen LogP contribution in [0.4, 0.5) is 14.5 Å². The molecule has 1 unspecified atom stereocenters. The van der Waals surface area contributed by atoms with Crippen LogP contribution in [0.3, 0.4) is 0 Å². The molecule has 0 aliphatic rings. The molecule has 4 aromatic rings. The van der Waals surface area contributed by atoms with Gasteiger partial charge in [-0.25, -0.2) is 8.78 Å². The van der Waals surface area contributed by atoms with Crippen LogP contribution in [-0.2, 0) is 4.79 Å². The monoisotopic (exact) mass is 440 g/mol. The van der Waals surface area contributed by atoms with Gasteiger partial charge in [-0.15, -0.1) is 10.2 Å². The summed E-state index contributed by atoms with van der Waals surface area (Å²) >= 11 is 1.18. The molecule has 1 amide bonds. The number of anilines is 1. The van der Waals surface area contributed by atoms with Crippen LogP contribution in [0.5, 0.6) is 0 Å². The van der Waals surface area contributed by atoms with Gasteiger partial charge in [0, 0.05) is 11.8 Å². The summed E-state index contributed by atoms with van der Waals surface area (Å²) < 4.78 is 34.2. The number of amides is 1. The van der Waals surface area contributed by atoms with Crippen LogP contribution in [0.1, 0.15) is 12.7 Å². The van der Waals surface area contributed by atoms with E-state index >= 15 is 0 Å². The molecule has 31 heavy (non-hydrogen) atoms. The third-order valence-electron chi connectivity index (χ3n) is 4.59. The van der Waals surface area contributed by atoms with Crippen LogP contribution < -0.4 is 5.32 Å². The minimum atomic E-state index is -0.837. The number of furan rings is 1. The van der Waals surface area contributed by atoms with Gasteiger partial charge in [-0.3, -0.25) is 9.36 Å². The Hall–Kier alpha value is -3.46. The Morgan fingerprint density at radius 3 is 2.58 bits per heavy atom. The van der Waals surface area contributed by atoms with Gasteiger partial charge in [0.05, 0.1) is 22.8 Å². The van der Waals surface area contributed by atoms with Gasteiger partial charge in [-0.05, 0) is 44.2 Å². The van der Waals surface area contributed by atoms with Crippen LogP contribution >= 0.6 is 11.8 Å². The minimum absolute atomic E-state index is 0.0851. The van der Waals surface area contributed by atoms with Gasteiger partial charge >= 0.3 is 0 Å². The molecule has 158 valence electrons. The van der Waals surface area contributed by atoms with Gasteiger partial charge in [0.2, 0.25) is 5.91 Å². The maximum absolute atomic E-state index is 13.9. The van der Waals surface area contributed by atoms with E-state index in [0.717, 1.165) is 23.4 Å². The van der Waals surface area contributed by atoms with Crippen LogP contribution in [0.25, 0.3) is 17.1 Å². The first-order valence-electron chi connectivity index (χ1n) is 9.42. The molecule has 0 spiro atoms. The van der Waals surface area contributed by atoms with E-state index in [9.17, 15) is 13.6 Å². The summed E-state index contributed by atoms with van der Waals surface area (Å²) in [5.41, 5.74) is 1.52. The fourth-order valence-electron chi connectivity index (χ4n) is 2.98. The first-order chi connectivity index (χ1) is 14.9. The van der Waals surface area contributed by atoms with E-state index < -0.39 is 22.8 Å². The molecule has 4 rings (SSSR count). The molecule has 1 atom stereocenters. The van der Waals surface area contributed by atoms with Crippen LogP contribution in [0, 0.1) is 18.6 Å². The van der Waals surface area contributed by atoms with Crippen molar-refractivity contribution in [2.75, 3.05) is 5.32 Å². The molecule has 6 nitrogen and oxygen atoms in total. The minimum Gasteiger partial charge on any atom is -0.469 e. The first-order valence-corrected chi connectivity index (χ1v) is 10.3. The second-order valence-electron chi connectivity index (χ2n) is 6.74. The second kappa shape index (κ2) is 8.73. The number of hydrogen-bond donors (Lipinski definition) is 1. The average Bonchev–Trinajstić information content (AvgIpc) is 3.36. The highest BCUT2D eigenvalue weighted by Gasteiger charge is 2.23. The van der Waals surface area contributed by atoms with E-state index in [2.05, 4.69) is 15.5 Å². The van der Waals surface area contributed by atoms with E-state index in [0.29, 0.717) is 16.7 Å². The van der Waals surface area contributed by atoms with E-state index in [4.69, 9.17) is 4.42 Å². The van der Waals surface area contributed by atoms with Crippen molar-refractivity contribution in [1.29, 1.82) is 0 Å². The topological polar surface area (TPSA) is 72.9 Å². The van der Waals surface area contributed by atoms with Crippen LogP contribution in [0.15, 0.2) is 70.4 Å². The molecule has 0 saturated carbocycles. The number of halogens is 2. The number of hydrogen-bond acceptors (Lipinski definition) is 5. The quantitative estimate of drug-likeness (QED) is 0.416.